The molecule has 27 heavy (non-hydrogen) atoms. The van der Waals surface area contributed by atoms with Crippen LogP contribution in [0.15, 0.2) is 55.4 Å². The number of rotatable bonds is 6. The second-order valence-electron chi connectivity index (χ2n) is 5.87. The van der Waals surface area contributed by atoms with Crippen molar-refractivity contribution in [3.63, 3.8) is 0 Å². The molecule has 0 aliphatic carbocycles. The van der Waals surface area contributed by atoms with Gasteiger partial charge in [-0.1, -0.05) is 30.3 Å². The van der Waals surface area contributed by atoms with Crippen molar-refractivity contribution in [1.82, 2.24) is 20.2 Å². The fourth-order valence-electron chi connectivity index (χ4n) is 2.77. The molecule has 9 heteroatoms. The van der Waals surface area contributed by atoms with Crippen LogP contribution < -0.4 is 5.63 Å². The predicted octanol–water partition coefficient (Wildman–Crippen LogP) is 3.93. The zero-order valence-corrected chi connectivity index (χ0v) is 16.0. The van der Waals surface area contributed by atoms with Crippen molar-refractivity contribution in [2.45, 2.75) is 30.8 Å². The molecule has 3 heterocycles. The summed E-state index contributed by atoms with van der Waals surface area (Å²) in [6, 6.07) is 8.84. The molecule has 0 aliphatic rings. The first kappa shape index (κ1) is 17.8. The zero-order chi connectivity index (χ0) is 18.8. The van der Waals surface area contributed by atoms with E-state index in [2.05, 4.69) is 15.5 Å². The van der Waals surface area contributed by atoms with E-state index in [9.17, 15) is 4.79 Å². The highest BCUT2D eigenvalue weighted by Crippen LogP contribution is 2.29. The number of aryl methyl sites for hydroxylation is 1. The number of benzene rings is 1. The summed E-state index contributed by atoms with van der Waals surface area (Å²) >= 11 is 7.78. The van der Waals surface area contributed by atoms with E-state index in [4.69, 9.17) is 20.4 Å². The van der Waals surface area contributed by atoms with E-state index in [-0.39, 0.29) is 0 Å². The lowest BCUT2D eigenvalue weighted by Gasteiger charge is -2.08. The monoisotopic (exact) mass is 402 g/mol. The Balaban J connectivity index is 1.62. The Morgan fingerprint density at radius 1 is 1.26 bits per heavy atom. The number of hydrogen-bond donors (Lipinski definition) is 0. The molecule has 0 amide bonds. The van der Waals surface area contributed by atoms with Gasteiger partial charge in [-0.15, -0.1) is 5.10 Å². The number of nitrogens with zero attached hydrogens (tertiary/aromatic N) is 4. The molecule has 0 bridgehead atoms. The lowest BCUT2D eigenvalue weighted by Crippen LogP contribution is -2.04. The van der Waals surface area contributed by atoms with Gasteiger partial charge in [0.15, 0.2) is 0 Å². The van der Waals surface area contributed by atoms with Crippen molar-refractivity contribution < 1.29 is 8.83 Å². The van der Waals surface area contributed by atoms with Crippen LogP contribution in [0, 0.1) is 0 Å². The number of furan rings is 1. The number of thioether (sulfide) groups is 1. The van der Waals surface area contributed by atoms with E-state index in [0.29, 0.717) is 28.1 Å². The molecule has 0 saturated heterocycles. The molecule has 0 spiro atoms. The summed E-state index contributed by atoms with van der Waals surface area (Å²) in [5.74, 6) is 1.26. The normalized spacial score (nSPS) is 11.3. The molecule has 7 nitrogen and oxygen atoms in total. The van der Waals surface area contributed by atoms with Gasteiger partial charge in [0.2, 0.25) is 5.16 Å². The van der Waals surface area contributed by atoms with Crippen molar-refractivity contribution in [1.29, 1.82) is 0 Å². The van der Waals surface area contributed by atoms with E-state index >= 15 is 0 Å². The Morgan fingerprint density at radius 2 is 2.15 bits per heavy atom. The van der Waals surface area contributed by atoms with Crippen LogP contribution in [0.3, 0.4) is 0 Å². The molecule has 138 valence electrons. The van der Waals surface area contributed by atoms with Gasteiger partial charge in [0.25, 0.3) is 0 Å². The number of fused-ring (bicyclic) bond motifs is 1. The van der Waals surface area contributed by atoms with Gasteiger partial charge in [-0.25, -0.2) is 9.48 Å². The summed E-state index contributed by atoms with van der Waals surface area (Å²) in [5.41, 5.74) is 1.91. The number of hydrogen-bond acceptors (Lipinski definition) is 7. The average Bonchev–Trinajstić information content (AvgIpc) is 3.32. The van der Waals surface area contributed by atoms with Crippen LogP contribution in [0.1, 0.15) is 23.8 Å². The summed E-state index contributed by atoms with van der Waals surface area (Å²) in [4.78, 5) is 12.0. The van der Waals surface area contributed by atoms with Crippen LogP contribution in [0.5, 0.6) is 0 Å². The molecule has 0 aliphatic heterocycles. The van der Waals surface area contributed by atoms with E-state index in [1.807, 2.05) is 31.2 Å². The second-order valence-corrected chi connectivity index (χ2v) is 7.22. The first-order valence-electron chi connectivity index (χ1n) is 8.30. The minimum absolute atomic E-state index is 0.391. The first-order valence-corrected chi connectivity index (χ1v) is 9.67. The van der Waals surface area contributed by atoms with Gasteiger partial charge in [-0.2, -0.15) is 0 Å². The molecule has 0 fully saturated rings. The van der Waals surface area contributed by atoms with Crippen molar-refractivity contribution >= 4 is 34.3 Å². The van der Waals surface area contributed by atoms with Gasteiger partial charge in [0, 0.05) is 22.2 Å². The van der Waals surface area contributed by atoms with E-state index in [0.717, 1.165) is 28.7 Å². The van der Waals surface area contributed by atoms with E-state index < -0.39 is 5.63 Å². The maximum atomic E-state index is 12.0. The maximum Gasteiger partial charge on any atom is 0.336 e. The molecule has 0 atom stereocenters. The van der Waals surface area contributed by atoms with Gasteiger partial charge < -0.3 is 8.83 Å². The predicted molar refractivity (Wildman–Crippen MR) is 102 cm³/mol. The Morgan fingerprint density at radius 3 is 2.93 bits per heavy atom. The third-order valence-corrected chi connectivity index (χ3v) is 5.48. The minimum atomic E-state index is -0.391. The van der Waals surface area contributed by atoms with Crippen LogP contribution in [0.25, 0.3) is 11.0 Å². The highest BCUT2D eigenvalue weighted by Gasteiger charge is 2.13. The smallest absolute Gasteiger partial charge is 0.336 e. The number of tetrazole rings is 1. The maximum absolute atomic E-state index is 12.0. The summed E-state index contributed by atoms with van der Waals surface area (Å²) < 4.78 is 12.3. The quantitative estimate of drug-likeness (QED) is 0.356. The van der Waals surface area contributed by atoms with Gasteiger partial charge in [-0.3, -0.25) is 0 Å². The fraction of sp³-hybridized carbons (Fsp3) is 0.222. The summed E-state index contributed by atoms with van der Waals surface area (Å²) in [6.45, 7) is 2.44. The van der Waals surface area contributed by atoms with Crippen molar-refractivity contribution in [2.75, 3.05) is 0 Å². The first-order chi connectivity index (χ1) is 13.1. The Labute approximate surface area is 163 Å². The molecule has 1 aromatic carbocycles. The molecule has 0 radical (unpaired) electrons. The van der Waals surface area contributed by atoms with Crippen LogP contribution in [-0.2, 0) is 18.7 Å². The molecule has 0 N–H and O–H groups in total. The van der Waals surface area contributed by atoms with Gasteiger partial charge >= 0.3 is 5.63 Å². The van der Waals surface area contributed by atoms with Crippen LogP contribution >= 0.6 is 23.4 Å². The summed E-state index contributed by atoms with van der Waals surface area (Å²) in [5, 5.41) is 13.9. The second kappa shape index (κ2) is 7.58. The third-order valence-electron chi connectivity index (χ3n) is 4.12. The third kappa shape index (κ3) is 3.77. The number of aromatic nitrogens is 4. The topological polar surface area (TPSA) is 87.0 Å². The minimum Gasteiger partial charge on any atom is -0.467 e. The SMILES string of the molecule is CCc1cc2oc(=O)cc(CSc3nnnn3Cc3ccco3)c2cc1Cl. The highest BCUT2D eigenvalue weighted by atomic mass is 35.5. The van der Waals surface area contributed by atoms with Gasteiger partial charge in [0.05, 0.1) is 6.26 Å². The standard InChI is InChI=1S/C18H15ClN4O3S/c1-2-11-6-16-14(8-15(11)19)12(7-17(24)26-16)10-27-18-20-21-22-23(18)9-13-4-3-5-25-13/h3-8H,2,9-10H2,1H3. The van der Waals surface area contributed by atoms with Crippen molar-refractivity contribution in [3.8, 4) is 0 Å². The van der Waals surface area contributed by atoms with Gasteiger partial charge in [0.1, 0.15) is 17.9 Å². The van der Waals surface area contributed by atoms with Crippen LogP contribution in [0.4, 0.5) is 0 Å². The van der Waals surface area contributed by atoms with Crippen molar-refractivity contribution in [2.24, 2.45) is 0 Å². The van der Waals surface area contributed by atoms with Crippen LogP contribution in [-0.4, -0.2) is 20.2 Å². The molecule has 0 unspecified atom stereocenters. The lowest BCUT2D eigenvalue weighted by molar-refractivity contribution is 0.462. The highest BCUT2D eigenvalue weighted by molar-refractivity contribution is 7.98. The summed E-state index contributed by atoms with van der Waals surface area (Å²) in [6.07, 6.45) is 2.37. The van der Waals surface area contributed by atoms with Crippen LogP contribution in [0.2, 0.25) is 5.02 Å². The Kier molecular flexibility index (Phi) is 5.00. The van der Waals surface area contributed by atoms with E-state index in [1.54, 1.807) is 10.9 Å². The molecular weight excluding hydrogens is 388 g/mol. The molecule has 4 rings (SSSR count). The molecule has 4 aromatic rings. The summed E-state index contributed by atoms with van der Waals surface area (Å²) in [7, 11) is 0. The van der Waals surface area contributed by atoms with E-state index in [1.165, 1.54) is 17.8 Å². The molecule has 0 saturated carbocycles. The average molecular weight is 403 g/mol. The molecule has 3 aromatic heterocycles. The van der Waals surface area contributed by atoms with Gasteiger partial charge in [-0.05, 0) is 52.2 Å². The Hall–Kier alpha value is -2.58. The Bertz CT molecular complexity index is 1140. The number of halogens is 1. The van der Waals surface area contributed by atoms with Crippen molar-refractivity contribution in [3.05, 3.63) is 68.9 Å². The fourth-order valence-corrected chi connectivity index (χ4v) is 3.94. The largest absolute Gasteiger partial charge is 0.467 e. The zero-order valence-electron chi connectivity index (χ0n) is 14.4. The molecular formula is C18H15ClN4O3S. The lowest BCUT2D eigenvalue weighted by atomic mass is 10.1.